The predicted octanol–water partition coefficient (Wildman–Crippen LogP) is 3.24. The topological polar surface area (TPSA) is 93.6 Å². The fourth-order valence-electron chi connectivity index (χ4n) is 2.94. The molecule has 164 valence electrons. The van der Waals surface area contributed by atoms with Crippen LogP contribution in [0, 0.1) is 6.92 Å². The summed E-state index contributed by atoms with van der Waals surface area (Å²) < 4.78 is 39.1. The number of nitrogens with zero attached hydrogens (tertiary/aromatic N) is 3. The number of ether oxygens (including phenoxy) is 2. The highest BCUT2D eigenvalue weighted by Crippen LogP contribution is 2.25. The van der Waals surface area contributed by atoms with Crippen LogP contribution in [0.1, 0.15) is 16.7 Å². The Kier molecular flexibility index (Phi) is 7.09. The SMILES string of the molecule is COc1ccc(COc2nccnc2NS(=O)(=O)c2ccc(C)cc2)cc1CN(C)C. The van der Waals surface area contributed by atoms with E-state index in [9.17, 15) is 8.42 Å². The van der Waals surface area contributed by atoms with Crippen LogP contribution in [0.5, 0.6) is 11.6 Å². The molecule has 0 spiro atoms. The third-order valence-corrected chi connectivity index (χ3v) is 5.79. The summed E-state index contributed by atoms with van der Waals surface area (Å²) in [5.41, 5.74) is 2.89. The molecule has 0 unspecified atom stereocenters. The quantitative estimate of drug-likeness (QED) is 0.544. The van der Waals surface area contributed by atoms with Crippen LogP contribution >= 0.6 is 0 Å². The summed E-state index contributed by atoms with van der Waals surface area (Å²) in [6.07, 6.45) is 2.85. The molecule has 0 saturated carbocycles. The number of hydrogen-bond donors (Lipinski definition) is 1. The molecule has 0 aliphatic rings. The lowest BCUT2D eigenvalue weighted by molar-refractivity contribution is 0.293. The van der Waals surface area contributed by atoms with E-state index < -0.39 is 10.0 Å². The molecule has 3 aromatic rings. The van der Waals surface area contributed by atoms with Gasteiger partial charge in [0.2, 0.25) is 5.82 Å². The number of methoxy groups -OCH3 is 1. The van der Waals surface area contributed by atoms with Crippen molar-refractivity contribution >= 4 is 15.8 Å². The van der Waals surface area contributed by atoms with Gasteiger partial charge in [-0.3, -0.25) is 4.72 Å². The van der Waals surface area contributed by atoms with Gasteiger partial charge in [0.1, 0.15) is 12.4 Å². The Hall–Kier alpha value is -3.17. The van der Waals surface area contributed by atoms with Crippen LogP contribution in [-0.2, 0) is 23.2 Å². The second-order valence-electron chi connectivity index (χ2n) is 7.30. The summed E-state index contributed by atoms with van der Waals surface area (Å²) in [4.78, 5) is 10.4. The molecule has 1 heterocycles. The van der Waals surface area contributed by atoms with Gasteiger partial charge in [-0.25, -0.2) is 18.4 Å². The first-order chi connectivity index (χ1) is 14.8. The highest BCUT2D eigenvalue weighted by molar-refractivity contribution is 7.92. The summed E-state index contributed by atoms with van der Waals surface area (Å²) in [6, 6.07) is 12.3. The van der Waals surface area contributed by atoms with Crippen molar-refractivity contribution in [2.75, 3.05) is 25.9 Å². The van der Waals surface area contributed by atoms with Gasteiger partial charge < -0.3 is 14.4 Å². The molecule has 0 radical (unpaired) electrons. The molecular weight excluding hydrogens is 416 g/mol. The van der Waals surface area contributed by atoms with Crippen molar-refractivity contribution in [3.63, 3.8) is 0 Å². The molecule has 8 nitrogen and oxygen atoms in total. The Balaban J connectivity index is 1.78. The molecule has 1 aromatic heterocycles. The Morgan fingerprint density at radius 2 is 1.74 bits per heavy atom. The minimum atomic E-state index is -3.82. The number of sulfonamides is 1. The highest BCUT2D eigenvalue weighted by Gasteiger charge is 2.18. The average molecular weight is 443 g/mol. The molecule has 31 heavy (non-hydrogen) atoms. The minimum Gasteiger partial charge on any atom is -0.496 e. The summed E-state index contributed by atoms with van der Waals surface area (Å²) in [6.45, 7) is 2.80. The van der Waals surface area contributed by atoms with Gasteiger partial charge in [0.05, 0.1) is 12.0 Å². The maximum Gasteiger partial charge on any atom is 0.263 e. The molecule has 0 saturated heterocycles. The molecule has 0 amide bonds. The molecular formula is C22H26N4O4S. The van der Waals surface area contributed by atoms with Crippen molar-refractivity contribution in [2.24, 2.45) is 0 Å². The lowest BCUT2D eigenvalue weighted by Gasteiger charge is -2.15. The number of nitrogens with one attached hydrogen (secondary N) is 1. The van der Waals surface area contributed by atoms with Gasteiger partial charge in [0.15, 0.2) is 0 Å². The first kappa shape index (κ1) is 22.5. The van der Waals surface area contributed by atoms with Crippen LogP contribution < -0.4 is 14.2 Å². The van der Waals surface area contributed by atoms with E-state index in [0.29, 0.717) is 6.54 Å². The Morgan fingerprint density at radius 1 is 1.03 bits per heavy atom. The lowest BCUT2D eigenvalue weighted by Crippen LogP contribution is -2.15. The van der Waals surface area contributed by atoms with Crippen molar-refractivity contribution in [1.29, 1.82) is 0 Å². The standard InChI is InChI=1S/C22H26N4O4S/c1-16-5-8-19(9-6-16)31(27,28)25-21-22(24-12-11-23-21)30-15-17-7-10-20(29-4)18(13-17)14-26(2)3/h5-13H,14-15H2,1-4H3,(H,23,25). The van der Waals surface area contributed by atoms with Crippen molar-refractivity contribution in [2.45, 2.75) is 25.0 Å². The van der Waals surface area contributed by atoms with Crippen LogP contribution in [0.3, 0.4) is 0 Å². The van der Waals surface area contributed by atoms with Crippen LogP contribution in [0.15, 0.2) is 59.8 Å². The van der Waals surface area contributed by atoms with Gasteiger partial charge in [-0.1, -0.05) is 23.8 Å². The minimum absolute atomic E-state index is 0.0325. The molecule has 9 heteroatoms. The Bertz CT molecular complexity index is 1130. The monoisotopic (exact) mass is 442 g/mol. The van der Waals surface area contributed by atoms with Crippen LogP contribution in [0.4, 0.5) is 5.82 Å². The maximum atomic E-state index is 12.7. The molecule has 0 aliphatic heterocycles. The van der Waals surface area contributed by atoms with E-state index in [1.165, 1.54) is 24.5 Å². The number of aryl methyl sites for hydroxylation is 1. The van der Waals surface area contributed by atoms with E-state index in [-0.39, 0.29) is 23.2 Å². The van der Waals surface area contributed by atoms with Crippen molar-refractivity contribution in [3.05, 3.63) is 71.5 Å². The molecule has 0 aliphatic carbocycles. The van der Waals surface area contributed by atoms with Gasteiger partial charge in [-0.05, 0) is 50.8 Å². The fraction of sp³-hybridized carbons (Fsp3) is 0.273. The first-order valence-electron chi connectivity index (χ1n) is 9.62. The number of benzene rings is 2. The maximum absolute atomic E-state index is 12.7. The van der Waals surface area contributed by atoms with Gasteiger partial charge in [0, 0.05) is 24.5 Å². The lowest BCUT2D eigenvalue weighted by atomic mass is 10.1. The van der Waals surface area contributed by atoms with E-state index in [2.05, 4.69) is 14.7 Å². The van der Waals surface area contributed by atoms with Crippen molar-refractivity contribution < 1.29 is 17.9 Å². The zero-order valence-electron chi connectivity index (χ0n) is 18.0. The van der Waals surface area contributed by atoms with E-state index in [0.717, 1.165) is 22.4 Å². The second kappa shape index (κ2) is 9.76. The van der Waals surface area contributed by atoms with Gasteiger partial charge in [-0.2, -0.15) is 0 Å². The van der Waals surface area contributed by atoms with Crippen molar-refractivity contribution in [1.82, 2.24) is 14.9 Å². The highest BCUT2D eigenvalue weighted by atomic mass is 32.2. The Morgan fingerprint density at radius 3 is 2.42 bits per heavy atom. The van der Waals surface area contributed by atoms with Crippen LogP contribution in [0.25, 0.3) is 0 Å². The van der Waals surface area contributed by atoms with E-state index in [1.54, 1.807) is 19.2 Å². The Labute approximate surface area is 182 Å². The van der Waals surface area contributed by atoms with Gasteiger partial charge in [-0.15, -0.1) is 0 Å². The molecule has 3 rings (SSSR count). The zero-order valence-corrected chi connectivity index (χ0v) is 18.8. The van der Waals surface area contributed by atoms with Crippen LogP contribution in [0.2, 0.25) is 0 Å². The third kappa shape index (κ3) is 5.93. The van der Waals surface area contributed by atoms with E-state index in [4.69, 9.17) is 9.47 Å². The molecule has 0 fully saturated rings. The number of hydrogen-bond acceptors (Lipinski definition) is 7. The fourth-order valence-corrected chi connectivity index (χ4v) is 3.95. The summed E-state index contributed by atoms with van der Waals surface area (Å²) in [5.74, 6) is 0.928. The van der Waals surface area contributed by atoms with Crippen molar-refractivity contribution in [3.8, 4) is 11.6 Å². The van der Waals surface area contributed by atoms with E-state index >= 15 is 0 Å². The average Bonchev–Trinajstić information content (AvgIpc) is 2.73. The van der Waals surface area contributed by atoms with E-state index in [1.807, 2.05) is 44.1 Å². The molecule has 1 N–H and O–H groups in total. The predicted molar refractivity (Wildman–Crippen MR) is 119 cm³/mol. The number of aromatic nitrogens is 2. The molecule has 0 bridgehead atoms. The van der Waals surface area contributed by atoms with Crippen LogP contribution in [-0.4, -0.2) is 44.5 Å². The third-order valence-electron chi connectivity index (χ3n) is 4.43. The number of rotatable bonds is 9. The number of anilines is 1. The zero-order chi connectivity index (χ0) is 22.4. The summed E-state index contributed by atoms with van der Waals surface area (Å²) in [7, 11) is 1.78. The normalized spacial score (nSPS) is 11.4. The largest absolute Gasteiger partial charge is 0.496 e. The first-order valence-corrected chi connectivity index (χ1v) is 11.1. The second-order valence-corrected chi connectivity index (χ2v) is 8.98. The van der Waals surface area contributed by atoms with Gasteiger partial charge in [0.25, 0.3) is 15.9 Å². The smallest absolute Gasteiger partial charge is 0.263 e. The summed E-state index contributed by atoms with van der Waals surface area (Å²) >= 11 is 0. The summed E-state index contributed by atoms with van der Waals surface area (Å²) in [5, 5.41) is 0. The van der Waals surface area contributed by atoms with Gasteiger partial charge >= 0.3 is 0 Å². The molecule has 0 atom stereocenters. The molecule has 2 aromatic carbocycles.